The average Bonchev–Trinajstić information content (AvgIpc) is 2.98. The summed E-state index contributed by atoms with van der Waals surface area (Å²) >= 11 is 0. The van der Waals surface area contributed by atoms with Crippen molar-refractivity contribution in [1.29, 1.82) is 0 Å². The molecule has 0 rings (SSSR count). The van der Waals surface area contributed by atoms with E-state index in [0.717, 1.165) is 0 Å². The molecule has 0 aliphatic rings. The molecule has 0 spiro atoms. The highest BCUT2D eigenvalue weighted by Crippen LogP contribution is 2.32. The fourth-order valence-electron chi connectivity index (χ4n) is 6.83. The maximum atomic E-state index is 2.93. The highest BCUT2D eigenvalue weighted by molar-refractivity contribution is 6.84. The Morgan fingerprint density at radius 2 is 0.537 bits per heavy atom. The van der Waals surface area contributed by atoms with Crippen molar-refractivity contribution in [2.45, 2.75) is 245 Å². The van der Waals surface area contributed by atoms with Crippen molar-refractivity contribution in [3.63, 3.8) is 0 Å². The lowest BCUT2D eigenvalue weighted by molar-refractivity contribution is 0.545. The maximum Gasteiger partial charge on any atom is 0.0774 e. The lowest BCUT2D eigenvalue weighted by Gasteiger charge is -2.29. The zero-order valence-electron chi connectivity index (χ0n) is 29.7. The first-order valence-corrected chi connectivity index (χ1v) is 22.6. The normalized spacial score (nSPS) is 12.2. The quantitative estimate of drug-likeness (QED) is 0.0508. The van der Waals surface area contributed by atoms with Gasteiger partial charge in [0.15, 0.2) is 0 Å². The van der Waals surface area contributed by atoms with Gasteiger partial charge < -0.3 is 0 Å². The molecule has 0 N–H and O–H groups in total. The van der Waals surface area contributed by atoms with Crippen LogP contribution in [0.5, 0.6) is 0 Å². The van der Waals surface area contributed by atoms with Gasteiger partial charge in [-0.15, -0.1) is 0 Å². The van der Waals surface area contributed by atoms with E-state index in [-0.39, 0.29) is 0 Å². The van der Waals surface area contributed by atoms with Crippen LogP contribution in [0.1, 0.15) is 227 Å². The van der Waals surface area contributed by atoms with E-state index in [9.17, 15) is 0 Å². The highest BCUT2D eigenvalue weighted by atomic mass is 28.3. The third-order valence-corrected chi connectivity index (χ3v) is 14.8. The Morgan fingerprint density at radius 1 is 0.293 bits per heavy atom. The zero-order valence-corrected chi connectivity index (χ0v) is 30.7. The van der Waals surface area contributed by atoms with Gasteiger partial charge in [-0.05, 0) is 12.8 Å². The summed E-state index contributed by atoms with van der Waals surface area (Å²) in [4.78, 5) is 0. The molecule has 0 heterocycles. The second kappa shape index (κ2) is 34.4. The lowest BCUT2D eigenvalue weighted by atomic mass is 10.0. The van der Waals surface area contributed by atoms with Crippen LogP contribution in [0.15, 0.2) is 11.8 Å². The largest absolute Gasteiger partial charge is 0.0981 e. The Labute approximate surface area is 264 Å². The van der Waals surface area contributed by atoms with Crippen LogP contribution in [0.2, 0.25) is 18.1 Å². The molecule has 1 heteroatoms. The first-order chi connectivity index (χ1) is 20.2. The minimum atomic E-state index is -1.28. The molecule has 0 saturated heterocycles. The smallest absolute Gasteiger partial charge is 0.0774 e. The van der Waals surface area contributed by atoms with Crippen LogP contribution >= 0.6 is 0 Å². The molecule has 0 aromatic rings. The molecule has 0 aliphatic carbocycles. The molecule has 0 aromatic carbocycles. The topological polar surface area (TPSA) is 0 Å². The zero-order chi connectivity index (χ0) is 30.0. The molecule has 0 saturated carbocycles. The van der Waals surface area contributed by atoms with Crippen LogP contribution in [0.25, 0.3) is 0 Å². The van der Waals surface area contributed by atoms with E-state index in [2.05, 4.69) is 39.5 Å². The van der Waals surface area contributed by atoms with Gasteiger partial charge >= 0.3 is 0 Å². The van der Waals surface area contributed by atoms with Crippen molar-refractivity contribution in [3.05, 3.63) is 11.8 Å². The monoisotopic (exact) mass is 591 g/mol. The fourth-order valence-corrected chi connectivity index (χ4v) is 11.6. The molecule has 0 aromatic heterocycles. The van der Waals surface area contributed by atoms with Gasteiger partial charge in [-0.2, -0.15) is 0 Å². The van der Waals surface area contributed by atoms with Gasteiger partial charge in [0.2, 0.25) is 0 Å². The minimum Gasteiger partial charge on any atom is -0.0981 e. The van der Waals surface area contributed by atoms with Crippen LogP contribution in [0, 0.1) is 0 Å². The van der Waals surface area contributed by atoms with Gasteiger partial charge in [-0.25, -0.2) is 0 Å². The molecule has 0 radical (unpaired) electrons. The van der Waals surface area contributed by atoms with Gasteiger partial charge in [0, 0.05) is 0 Å². The molecule has 0 bridgehead atoms. The fraction of sp³-hybridized carbons (Fsp3) is 0.950. The summed E-state index contributed by atoms with van der Waals surface area (Å²) in [6, 6.07) is 4.79. The summed E-state index contributed by atoms with van der Waals surface area (Å²) in [6.07, 6.45) is 47.9. The van der Waals surface area contributed by atoms with Crippen molar-refractivity contribution < 1.29 is 0 Å². The predicted molar refractivity (Wildman–Crippen MR) is 195 cm³/mol. The summed E-state index contributed by atoms with van der Waals surface area (Å²) in [5, 5.41) is 0. The third kappa shape index (κ3) is 29.8. The van der Waals surface area contributed by atoms with Crippen LogP contribution in [0.3, 0.4) is 0 Å². The highest BCUT2D eigenvalue weighted by Gasteiger charge is 2.28. The van der Waals surface area contributed by atoms with Crippen LogP contribution in [0.4, 0.5) is 0 Å². The van der Waals surface area contributed by atoms with Gasteiger partial charge in [0.05, 0.1) is 8.07 Å². The van der Waals surface area contributed by atoms with Gasteiger partial charge in [0.1, 0.15) is 0 Å². The van der Waals surface area contributed by atoms with E-state index < -0.39 is 8.07 Å². The maximum absolute atomic E-state index is 2.93. The first-order valence-electron chi connectivity index (χ1n) is 19.9. The summed E-state index contributed by atoms with van der Waals surface area (Å²) in [5.74, 6) is 0. The van der Waals surface area contributed by atoms with E-state index in [4.69, 9.17) is 0 Å². The molecule has 0 nitrogen and oxygen atoms in total. The van der Waals surface area contributed by atoms with Crippen molar-refractivity contribution in [3.8, 4) is 0 Å². The van der Waals surface area contributed by atoms with Crippen LogP contribution in [-0.2, 0) is 0 Å². The molecule has 0 aliphatic heterocycles. The van der Waals surface area contributed by atoms with E-state index in [1.165, 1.54) is 199 Å². The van der Waals surface area contributed by atoms with Crippen LogP contribution in [-0.4, -0.2) is 8.07 Å². The Balaban J connectivity index is 4.66. The van der Waals surface area contributed by atoms with Crippen LogP contribution < -0.4 is 0 Å². The van der Waals surface area contributed by atoms with Crippen molar-refractivity contribution in [1.82, 2.24) is 0 Å². The number of hydrogen-bond donors (Lipinski definition) is 0. The van der Waals surface area contributed by atoms with E-state index in [1.807, 2.05) is 0 Å². The Kier molecular flexibility index (Phi) is 34.4. The third-order valence-electron chi connectivity index (χ3n) is 9.78. The van der Waals surface area contributed by atoms with Crippen molar-refractivity contribution >= 4 is 8.07 Å². The number of unbranched alkanes of at least 4 members (excludes halogenated alkanes) is 27. The predicted octanol–water partition coefficient (Wildman–Crippen LogP) is 15.7. The number of rotatable bonds is 35. The molecule has 41 heavy (non-hydrogen) atoms. The first kappa shape index (κ1) is 41.0. The number of hydrogen-bond acceptors (Lipinski definition) is 0. The second-order valence-corrected chi connectivity index (χ2v) is 18.6. The van der Waals surface area contributed by atoms with Gasteiger partial charge in [0.25, 0.3) is 0 Å². The summed E-state index contributed by atoms with van der Waals surface area (Å²) < 4.78 is 0. The standard InChI is InChI=1S/C40H82Si/c1-5-9-13-17-21-22-23-24-25-26-27-28-32-36-40-41(37-33-29-18-14-10-6-2,38-34-30-19-15-11-7-3)39-35-31-20-16-12-8-4/h36,40H,5-35,37-39H2,1-4H3. The molecule has 0 amide bonds. The number of allylic oxidation sites excluding steroid dienone is 1. The van der Waals surface area contributed by atoms with Crippen molar-refractivity contribution in [2.75, 3.05) is 0 Å². The molecular weight excluding hydrogens is 509 g/mol. The Morgan fingerprint density at radius 3 is 0.829 bits per heavy atom. The van der Waals surface area contributed by atoms with Gasteiger partial charge in [-0.3, -0.25) is 0 Å². The molecule has 0 fully saturated rings. The Hall–Kier alpha value is -0.0431. The summed E-state index contributed by atoms with van der Waals surface area (Å²) in [5.41, 5.74) is 2.93. The van der Waals surface area contributed by atoms with E-state index >= 15 is 0 Å². The molecule has 246 valence electrons. The van der Waals surface area contributed by atoms with Gasteiger partial charge in [-0.1, -0.05) is 244 Å². The van der Waals surface area contributed by atoms with E-state index in [0.29, 0.717) is 0 Å². The average molecular weight is 591 g/mol. The minimum absolute atomic E-state index is 1.28. The molecule has 0 atom stereocenters. The van der Waals surface area contributed by atoms with E-state index in [1.54, 1.807) is 18.1 Å². The lowest BCUT2D eigenvalue weighted by Crippen LogP contribution is -2.32. The second-order valence-electron chi connectivity index (χ2n) is 14.0. The molecule has 0 unspecified atom stereocenters. The summed E-state index contributed by atoms with van der Waals surface area (Å²) in [7, 11) is -1.28. The van der Waals surface area contributed by atoms with Crippen molar-refractivity contribution in [2.24, 2.45) is 0 Å². The summed E-state index contributed by atoms with van der Waals surface area (Å²) in [6.45, 7) is 9.36. The Bertz CT molecular complexity index is 454. The SMILES string of the molecule is CCCCCCCCCCCCCCC=C[Si](CCCCCCCC)(CCCCCCCC)CCCCCCCC. The molecular formula is C40H82Si.